The maximum Gasteiger partial charge on any atom is 0.335 e. The fourth-order valence-corrected chi connectivity index (χ4v) is 2.19. The van der Waals surface area contributed by atoms with Gasteiger partial charge in [-0.25, -0.2) is 22.3 Å². The number of halogens is 1. The number of benzene rings is 1. The highest BCUT2D eigenvalue weighted by atomic mass is 32.2. The monoisotopic (exact) mass is 263 g/mol. The molecule has 1 aromatic carbocycles. The van der Waals surface area contributed by atoms with Crippen LogP contribution in [0.2, 0.25) is 0 Å². The van der Waals surface area contributed by atoms with Gasteiger partial charge in [0.25, 0.3) is 0 Å². The number of carboxylic acid groups (broad SMARTS) is 1. The van der Waals surface area contributed by atoms with Crippen molar-refractivity contribution in [3.8, 4) is 0 Å². The molecular formula is C9H10FNO5S. The van der Waals surface area contributed by atoms with Crippen molar-refractivity contribution in [2.45, 2.75) is 4.90 Å². The second-order valence-electron chi connectivity index (χ2n) is 3.07. The average molecular weight is 263 g/mol. The Hall–Kier alpha value is -1.51. The zero-order valence-corrected chi connectivity index (χ0v) is 9.37. The third-order valence-corrected chi connectivity index (χ3v) is 3.37. The molecule has 0 fully saturated rings. The Bertz CT molecular complexity index is 528. The number of nitrogens with one attached hydrogen (secondary N) is 1. The highest BCUT2D eigenvalue weighted by Crippen LogP contribution is 2.15. The zero-order valence-electron chi connectivity index (χ0n) is 8.55. The van der Waals surface area contributed by atoms with E-state index in [1.54, 1.807) is 0 Å². The van der Waals surface area contributed by atoms with Gasteiger partial charge in [-0.05, 0) is 18.2 Å². The van der Waals surface area contributed by atoms with E-state index in [1.165, 1.54) is 0 Å². The van der Waals surface area contributed by atoms with Gasteiger partial charge in [0.1, 0.15) is 10.7 Å². The van der Waals surface area contributed by atoms with Crippen molar-refractivity contribution in [2.75, 3.05) is 13.2 Å². The van der Waals surface area contributed by atoms with E-state index in [1.807, 2.05) is 4.72 Å². The van der Waals surface area contributed by atoms with E-state index in [-0.39, 0.29) is 12.1 Å². The molecule has 0 saturated carbocycles. The molecule has 1 aromatic rings. The van der Waals surface area contributed by atoms with Gasteiger partial charge in [-0.15, -0.1) is 0 Å². The Morgan fingerprint density at radius 2 is 2.06 bits per heavy atom. The number of aromatic carboxylic acids is 1. The van der Waals surface area contributed by atoms with Gasteiger partial charge in [0, 0.05) is 6.54 Å². The van der Waals surface area contributed by atoms with Crippen LogP contribution in [0.15, 0.2) is 23.1 Å². The molecule has 6 nitrogen and oxygen atoms in total. The fraction of sp³-hybridized carbons (Fsp3) is 0.222. The maximum absolute atomic E-state index is 13.4. The Labute approximate surface area is 96.8 Å². The van der Waals surface area contributed by atoms with Crippen LogP contribution in [0.1, 0.15) is 10.4 Å². The minimum Gasteiger partial charge on any atom is -0.478 e. The lowest BCUT2D eigenvalue weighted by Crippen LogP contribution is -2.27. The molecule has 0 spiro atoms. The summed E-state index contributed by atoms with van der Waals surface area (Å²) in [6.45, 7) is -0.670. The number of aliphatic hydroxyl groups excluding tert-OH is 1. The van der Waals surface area contributed by atoms with Crippen LogP contribution >= 0.6 is 0 Å². The predicted molar refractivity (Wildman–Crippen MR) is 55.6 cm³/mol. The highest BCUT2D eigenvalue weighted by Gasteiger charge is 2.19. The Kier molecular flexibility index (Phi) is 4.16. The molecule has 17 heavy (non-hydrogen) atoms. The molecule has 1 rings (SSSR count). The molecule has 0 atom stereocenters. The van der Waals surface area contributed by atoms with E-state index in [2.05, 4.69) is 0 Å². The number of aliphatic hydroxyl groups is 1. The number of rotatable bonds is 5. The van der Waals surface area contributed by atoms with E-state index >= 15 is 0 Å². The summed E-state index contributed by atoms with van der Waals surface area (Å²) in [7, 11) is -4.07. The fourth-order valence-electron chi connectivity index (χ4n) is 1.11. The van der Waals surface area contributed by atoms with Crippen LogP contribution in [0.25, 0.3) is 0 Å². The Balaban J connectivity index is 3.12. The van der Waals surface area contributed by atoms with Gasteiger partial charge < -0.3 is 10.2 Å². The second-order valence-corrected chi connectivity index (χ2v) is 4.81. The molecule has 0 radical (unpaired) electrons. The van der Waals surface area contributed by atoms with Gasteiger partial charge >= 0.3 is 5.97 Å². The summed E-state index contributed by atoms with van der Waals surface area (Å²) in [4.78, 5) is 9.86. The molecule has 0 unspecified atom stereocenters. The molecule has 8 heteroatoms. The molecule has 0 heterocycles. The smallest absolute Gasteiger partial charge is 0.335 e. The van der Waals surface area contributed by atoms with Crippen LogP contribution in [0.3, 0.4) is 0 Å². The van der Waals surface area contributed by atoms with Crippen LogP contribution < -0.4 is 4.72 Å². The van der Waals surface area contributed by atoms with Crippen LogP contribution in [0.4, 0.5) is 4.39 Å². The van der Waals surface area contributed by atoms with Gasteiger partial charge in [-0.2, -0.15) is 0 Å². The Morgan fingerprint density at radius 1 is 1.41 bits per heavy atom. The summed E-state index contributed by atoms with van der Waals surface area (Å²) in [6, 6.07) is 2.47. The van der Waals surface area contributed by atoms with Gasteiger partial charge in [0.05, 0.1) is 12.2 Å². The first-order valence-corrected chi connectivity index (χ1v) is 6.00. The van der Waals surface area contributed by atoms with E-state index < -0.39 is 33.3 Å². The van der Waals surface area contributed by atoms with Crippen LogP contribution in [-0.4, -0.2) is 37.8 Å². The molecule has 0 aliphatic carbocycles. The molecule has 0 saturated heterocycles. The maximum atomic E-state index is 13.4. The van der Waals surface area contributed by atoms with E-state index in [9.17, 15) is 17.6 Å². The lowest BCUT2D eigenvalue weighted by Gasteiger charge is -2.06. The molecule has 94 valence electrons. The second kappa shape index (κ2) is 5.21. The Morgan fingerprint density at radius 3 is 2.53 bits per heavy atom. The summed E-state index contributed by atoms with van der Waals surface area (Å²) in [6.07, 6.45) is 0. The van der Waals surface area contributed by atoms with Gasteiger partial charge in [0.15, 0.2) is 0 Å². The van der Waals surface area contributed by atoms with Crippen molar-refractivity contribution in [1.82, 2.24) is 4.72 Å². The summed E-state index contributed by atoms with van der Waals surface area (Å²) >= 11 is 0. The van der Waals surface area contributed by atoms with Crippen molar-refractivity contribution < 1.29 is 27.8 Å². The molecule has 0 bridgehead atoms. The largest absolute Gasteiger partial charge is 0.478 e. The van der Waals surface area contributed by atoms with Crippen molar-refractivity contribution in [2.24, 2.45) is 0 Å². The van der Waals surface area contributed by atoms with E-state index in [0.29, 0.717) is 6.07 Å². The topological polar surface area (TPSA) is 104 Å². The van der Waals surface area contributed by atoms with Crippen molar-refractivity contribution >= 4 is 16.0 Å². The first-order chi connectivity index (χ1) is 7.88. The van der Waals surface area contributed by atoms with Crippen LogP contribution in [0, 0.1) is 5.82 Å². The van der Waals surface area contributed by atoms with Crippen molar-refractivity contribution in [1.29, 1.82) is 0 Å². The molecule has 0 amide bonds. The number of carboxylic acids is 1. The summed E-state index contributed by atoms with van der Waals surface area (Å²) in [5.41, 5.74) is -0.344. The summed E-state index contributed by atoms with van der Waals surface area (Å²) < 4.78 is 38.3. The normalized spacial score (nSPS) is 11.4. The molecular weight excluding hydrogens is 253 g/mol. The first kappa shape index (κ1) is 13.6. The van der Waals surface area contributed by atoms with Crippen LogP contribution in [-0.2, 0) is 10.0 Å². The minimum atomic E-state index is -4.07. The summed E-state index contributed by atoms with van der Waals surface area (Å²) in [5.74, 6) is -2.51. The van der Waals surface area contributed by atoms with Crippen molar-refractivity contribution in [3.63, 3.8) is 0 Å². The zero-order chi connectivity index (χ0) is 13.1. The number of hydrogen-bond donors (Lipinski definition) is 3. The number of hydrogen-bond acceptors (Lipinski definition) is 4. The number of carbonyl (C=O) groups is 1. The van der Waals surface area contributed by atoms with Gasteiger partial charge in [0.2, 0.25) is 10.0 Å². The van der Waals surface area contributed by atoms with Crippen LogP contribution in [0.5, 0.6) is 0 Å². The summed E-state index contributed by atoms with van der Waals surface area (Å²) in [5, 5.41) is 17.0. The SMILES string of the molecule is O=C(O)c1ccc(S(=O)(=O)NCCO)c(F)c1. The number of sulfonamides is 1. The lowest BCUT2D eigenvalue weighted by molar-refractivity contribution is 0.0696. The molecule has 0 aliphatic rings. The molecule has 3 N–H and O–H groups in total. The van der Waals surface area contributed by atoms with Gasteiger partial charge in [-0.3, -0.25) is 0 Å². The predicted octanol–water partition coefficient (Wildman–Crippen LogP) is -0.206. The van der Waals surface area contributed by atoms with Crippen molar-refractivity contribution in [3.05, 3.63) is 29.6 Å². The van der Waals surface area contributed by atoms with Gasteiger partial charge in [-0.1, -0.05) is 0 Å². The lowest BCUT2D eigenvalue weighted by atomic mass is 10.2. The van der Waals surface area contributed by atoms with E-state index in [4.69, 9.17) is 10.2 Å². The highest BCUT2D eigenvalue weighted by molar-refractivity contribution is 7.89. The molecule has 0 aromatic heterocycles. The average Bonchev–Trinajstić information content (AvgIpc) is 2.25. The first-order valence-electron chi connectivity index (χ1n) is 4.52. The van der Waals surface area contributed by atoms with E-state index in [0.717, 1.165) is 12.1 Å². The third kappa shape index (κ3) is 3.22. The molecule has 0 aliphatic heterocycles. The minimum absolute atomic E-state index is 0.248. The standard InChI is InChI=1S/C9H10FNO5S/c10-7-5-6(9(13)14)1-2-8(7)17(15,16)11-3-4-12/h1-2,5,11-12H,3-4H2,(H,13,14). The third-order valence-electron chi connectivity index (χ3n) is 1.87. The quantitative estimate of drug-likeness (QED) is 0.682.